The number of fused-ring (bicyclic) bond motifs is 2. The quantitative estimate of drug-likeness (QED) is 0.263. The molecule has 0 bridgehead atoms. The molecule has 1 fully saturated rings. The van der Waals surface area contributed by atoms with Gasteiger partial charge in [0.25, 0.3) is 11.1 Å². The fourth-order valence-corrected chi connectivity index (χ4v) is 4.69. The molecule has 146 valence electrons. The van der Waals surface area contributed by atoms with E-state index in [4.69, 9.17) is 11.6 Å². The molecule has 0 saturated carbocycles. The van der Waals surface area contributed by atoms with Crippen LogP contribution in [-0.4, -0.2) is 16.0 Å². The summed E-state index contributed by atoms with van der Waals surface area (Å²) in [7, 11) is 0. The topological polar surface area (TPSA) is 37.4 Å². The van der Waals surface area contributed by atoms with Crippen molar-refractivity contribution >= 4 is 62.1 Å². The van der Waals surface area contributed by atoms with E-state index in [0.29, 0.717) is 9.93 Å². The summed E-state index contributed by atoms with van der Waals surface area (Å²) in [5, 5.41) is 4.67. The van der Waals surface area contributed by atoms with E-state index in [1.807, 2.05) is 54.6 Å². The Bertz CT molecular complexity index is 1290. The van der Waals surface area contributed by atoms with Crippen LogP contribution in [0.1, 0.15) is 11.1 Å². The van der Waals surface area contributed by atoms with Crippen LogP contribution in [0.4, 0.5) is 4.79 Å². The third-order valence-corrected chi connectivity index (χ3v) is 6.38. The van der Waals surface area contributed by atoms with Crippen molar-refractivity contribution in [2.75, 3.05) is 0 Å². The van der Waals surface area contributed by atoms with E-state index < -0.39 is 0 Å². The monoisotopic (exact) mass is 429 g/mol. The second-order valence-electron chi connectivity index (χ2n) is 7.13. The molecule has 5 heteroatoms. The molecule has 0 atom stereocenters. The maximum Gasteiger partial charge on any atom is 0.293 e. The van der Waals surface area contributed by atoms with Crippen LogP contribution in [0.5, 0.6) is 0 Å². The smallest absolute Gasteiger partial charge is 0.268 e. The van der Waals surface area contributed by atoms with Crippen molar-refractivity contribution in [1.82, 2.24) is 4.90 Å². The number of imide groups is 1. The Balaban J connectivity index is 1.58. The minimum atomic E-state index is -0.267. The SMILES string of the molecule is O=C1S/C(=C\c2c3ccccc3cc3ccccc23)C(=O)N1Cc1ccc(Cl)cc1. The number of hydrogen-bond donors (Lipinski definition) is 0. The summed E-state index contributed by atoms with van der Waals surface area (Å²) in [4.78, 5) is 27.4. The van der Waals surface area contributed by atoms with Crippen molar-refractivity contribution in [2.24, 2.45) is 0 Å². The van der Waals surface area contributed by atoms with Gasteiger partial charge < -0.3 is 0 Å². The number of thioether (sulfide) groups is 1. The van der Waals surface area contributed by atoms with E-state index in [0.717, 1.165) is 44.4 Å². The maximum atomic E-state index is 13.1. The molecule has 1 aliphatic rings. The van der Waals surface area contributed by atoms with Crippen molar-refractivity contribution in [2.45, 2.75) is 6.54 Å². The highest BCUT2D eigenvalue weighted by atomic mass is 35.5. The van der Waals surface area contributed by atoms with Gasteiger partial charge in [0, 0.05) is 5.02 Å². The Morgan fingerprint density at radius 2 is 1.43 bits per heavy atom. The first kappa shape index (κ1) is 18.9. The Morgan fingerprint density at radius 1 is 0.833 bits per heavy atom. The van der Waals surface area contributed by atoms with Crippen LogP contribution < -0.4 is 0 Å². The molecular weight excluding hydrogens is 414 g/mol. The van der Waals surface area contributed by atoms with Crippen molar-refractivity contribution in [3.63, 3.8) is 0 Å². The molecule has 0 aliphatic carbocycles. The van der Waals surface area contributed by atoms with E-state index in [1.165, 1.54) is 4.90 Å². The molecule has 0 N–H and O–H groups in total. The number of amides is 2. The molecule has 2 amide bonds. The molecule has 0 unspecified atom stereocenters. The van der Waals surface area contributed by atoms with Gasteiger partial charge in [0.2, 0.25) is 0 Å². The average Bonchev–Trinajstić information content (AvgIpc) is 3.02. The average molecular weight is 430 g/mol. The van der Waals surface area contributed by atoms with Crippen LogP contribution in [0.25, 0.3) is 27.6 Å². The number of benzene rings is 4. The Hall–Kier alpha value is -3.08. The molecule has 4 aromatic rings. The lowest BCUT2D eigenvalue weighted by Crippen LogP contribution is -2.27. The largest absolute Gasteiger partial charge is 0.293 e. The van der Waals surface area contributed by atoms with E-state index >= 15 is 0 Å². The number of rotatable bonds is 3. The minimum Gasteiger partial charge on any atom is -0.268 e. The van der Waals surface area contributed by atoms with Gasteiger partial charge >= 0.3 is 0 Å². The van der Waals surface area contributed by atoms with Gasteiger partial charge in [0.15, 0.2) is 0 Å². The molecule has 0 radical (unpaired) electrons. The van der Waals surface area contributed by atoms with Gasteiger partial charge in [-0.1, -0.05) is 72.3 Å². The van der Waals surface area contributed by atoms with E-state index in [1.54, 1.807) is 12.1 Å². The van der Waals surface area contributed by atoms with Gasteiger partial charge in [-0.2, -0.15) is 0 Å². The predicted molar refractivity (Wildman–Crippen MR) is 124 cm³/mol. The summed E-state index contributed by atoms with van der Waals surface area (Å²) < 4.78 is 0. The third-order valence-electron chi connectivity index (χ3n) is 5.22. The second kappa shape index (κ2) is 7.63. The van der Waals surface area contributed by atoms with E-state index in [9.17, 15) is 9.59 Å². The fourth-order valence-electron chi connectivity index (χ4n) is 3.74. The minimum absolute atomic E-state index is 0.232. The lowest BCUT2D eigenvalue weighted by atomic mass is 9.96. The van der Waals surface area contributed by atoms with Gasteiger partial charge in [-0.3, -0.25) is 14.5 Å². The summed E-state index contributed by atoms with van der Waals surface area (Å²) in [6.07, 6.45) is 1.86. The molecule has 3 nitrogen and oxygen atoms in total. The van der Waals surface area contributed by atoms with Gasteiger partial charge in [0.05, 0.1) is 11.4 Å². The predicted octanol–water partition coefficient (Wildman–Crippen LogP) is 6.88. The lowest BCUT2D eigenvalue weighted by Gasteiger charge is -2.12. The van der Waals surface area contributed by atoms with Crippen molar-refractivity contribution in [3.8, 4) is 0 Å². The first-order chi connectivity index (χ1) is 14.6. The van der Waals surface area contributed by atoms with E-state index in [-0.39, 0.29) is 17.7 Å². The molecule has 0 spiro atoms. The zero-order chi connectivity index (χ0) is 20.7. The molecule has 1 heterocycles. The molecule has 0 aromatic heterocycles. The number of carbonyl (C=O) groups is 2. The molecule has 1 aliphatic heterocycles. The first-order valence-electron chi connectivity index (χ1n) is 9.50. The third kappa shape index (κ3) is 3.38. The Kier molecular flexibility index (Phi) is 4.81. The van der Waals surface area contributed by atoms with Gasteiger partial charge in [-0.25, -0.2) is 0 Å². The second-order valence-corrected chi connectivity index (χ2v) is 8.56. The Labute approximate surface area is 182 Å². The van der Waals surface area contributed by atoms with Crippen LogP contribution in [0, 0.1) is 0 Å². The van der Waals surface area contributed by atoms with Crippen LogP contribution >= 0.6 is 23.4 Å². The lowest BCUT2D eigenvalue weighted by molar-refractivity contribution is -0.123. The van der Waals surface area contributed by atoms with Crippen LogP contribution in [-0.2, 0) is 11.3 Å². The first-order valence-corrected chi connectivity index (χ1v) is 10.7. The van der Waals surface area contributed by atoms with Crippen LogP contribution in [0.2, 0.25) is 5.02 Å². The summed E-state index contributed by atoms with van der Waals surface area (Å²) in [6.45, 7) is 0.232. The van der Waals surface area contributed by atoms with Gasteiger partial charge in [0.1, 0.15) is 0 Å². The number of halogens is 1. The summed E-state index contributed by atoms with van der Waals surface area (Å²) in [6, 6.07) is 25.5. The van der Waals surface area contributed by atoms with Crippen molar-refractivity contribution < 1.29 is 9.59 Å². The number of carbonyl (C=O) groups excluding carboxylic acids is 2. The normalized spacial score (nSPS) is 15.6. The number of nitrogens with zero attached hydrogens (tertiary/aromatic N) is 1. The van der Waals surface area contributed by atoms with Gasteiger partial charge in [-0.05, 0) is 68.7 Å². The summed E-state index contributed by atoms with van der Waals surface area (Å²) >= 11 is 6.92. The highest BCUT2D eigenvalue weighted by Gasteiger charge is 2.35. The van der Waals surface area contributed by atoms with Crippen molar-refractivity contribution in [3.05, 3.63) is 99.9 Å². The fraction of sp³-hybridized carbons (Fsp3) is 0.0400. The van der Waals surface area contributed by atoms with Crippen LogP contribution in [0.3, 0.4) is 0 Å². The molecular formula is C25H16ClNO2S. The highest BCUT2D eigenvalue weighted by Crippen LogP contribution is 2.37. The standard InChI is InChI=1S/C25H16ClNO2S/c26-19-11-9-16(10-12-19)15-27-24(28)23(30-25(27)29)14-22-20-7-3-1-5-17(20)13-18-6-2-4-8-21(18)22/h1-14H,15H2/b23-14-. The van der Waals surface area contributed by atoms with Gasteiger partial charge in [-0.15, -0.1) is 0 Å². The zero-order valence-electron chi connectivity index (χ0n) is 15.8. The molecule has 5 rings (SSSR count). The Morgan fingerprint density at radius 3 is 2.07 bits per heavy atom. The summed E-state index contributed by atoms with van der Waals surface area (Å²) in [5.41, 5.74) is 1.82. The number of hydrogen-bond acceptors (Lipinski definition) is 3. The van der Waals surface area contributed by atoms with Crippen molar-refractivity contribution in [1.29, 1.82) is 0 Å². The highest BCUT2D eigenvalue weighted by molar-refractivity contribution is 8.18. The molecule has 4 aromatic carbocycles. The zero-order valence-corrected chi connectivity index (χ0v) is 17.4. The maximum absolute atomic E-state index is 13.1. The van der Waals surface area contributed by atoms with Crippen LogP contribution in [0.15, 0.2) is 83.8 Å². The summed E-state index contributed by atoms with van der Waals surface area (Å²) in [5.74, 6) is -0.267. The molecule has 30 heavy (non-hydrogen) atoms. The van der Waals surface area contributed by atoms with E-state index in [2.05, 4.69) is 18.2 Å². The molecule has 1 saturated heterocycles.